The topological polar surface area (TPSA) is 26.0 Å². The predicted octanol–water partition coefficient (Wildman–Crippen LogP) is 3.41. The Balaban J connectivity index is 3.35. The Labute approximate surface area is 91.0 Å². The number of hydrogen-bond donors (Lipinski definition) is 1. The number of hydrogen-bond acceptors (Lipinski definition) is 1. The van der Waals surface area contributed by atoms with E-state index in [4.69, 9.17) is 0 Å². The molecule has 0 aliphatic heterocycles. The lowest BCUT2D eigenvalue weighted by Crippen LogP contribution is -2.30. The van der Waals surface area contributed by atoms with Crippen molar-refractivity contribution in [3.63, 3.8) is 0 Å². The van der Waals surface area contributed by atoms with Gasteiger partial charge in [0, 0.05) is 0 Å². The van der Waals surface area contributed by atoms with E-state index >= 15 is 0 Å². The number of halogens is 7. The highest BCUT2D eigenvalue weighted by Gasteiger charge is 2.43. The molecule has 1 nitrogen and oxygen atoms in total. The van der Waals surface area contributed by atoms with E-state index in [1.165, 1.54) is 0 Å². The fraction of sp³-hybridized carbons (Fsp3) is 0.333. The predicted molar refractivity (Wildman–Crippen MR) is 44.4 cm³/mol. The van der Waals surface area contributed by atoms with Gasteiger partial charge in [-0.25, -0.2) is 4.39 Å². The summed E-state index contributed by atoms with van der Waals surface area (Å²) >= 11 is 0. The van der Waals surface area contributed by atoms with Crippen molar-refractivity contribution in [3.05, 3.63) is 35.1 Å². The van der Waals surface area contributed by atoms with Crippen LogP contribution < -0.4 is 5.73 Å². The maximum atomic E-state index is 12.7. The highest BCUT2D eigenvalue weighted by molar-refractivity contribution is 5.33. The molecule has 0 aromatic heterocycles. The van der Waals surface area contributed by atoms with E-state index in [-0.39, 0.29) is 12.1 Å². The van der Waals surface area contributed by atoms with Crippen LogP contribution in [0.3, 0.4) is 0 Å². The molecule has 8 heteroatoms. The zero-order valence-corrected chi connectivity index (χ0v) is 8.03. The highest BCUT2D eigenvalue weighted by Crippen LogP contribution is 2.39. The number of nitrogens with two attached hydrogens (primary N) is 1. The maximum Gasteiger partial charge on any atom is 0.416 e. The summed E-state index contributed by atoms with van der Waals surface area (Å²) in [6, 6.07) is -2.08. The lowest BCUT2D eigenvalue weighted by Gasteiger charge is -2.20. The summed E-state index contributed by atoms with van der Waals surface area (Å²) in [4.78, 5) is 0. The number of alkyl halides is 6. The van der Waals surface area contributed by atoms with Crippen LogP contribution in [-0.4, -0.2) is 6.18 Å². The molecule has 96 valence electrons. The van der Waals surface area contributed by atoms with Gasteiger partial charge in [-0.15, -0.1) is 0 Å². The Bertz CT molecular complexity index is 407. The second kappa shape index (κ2) is 4.17. The van der Waals surface area contributed by atoms with Gasteiger partial charge in [0.2, 0.25) is 0 Å². The summed E-state index contributed by atoms with van der Waals surface area (Å²) in [6.07, 6.45) is -10.1. The van der Waals surface area contributed by atoms with E-state index in [1.807, 2.05) is 0 Å². The summed E-state index contributed by atoms with van der Waals surface area (Å²) < 4.78 is 86.5. The first-order valence-electron chi connectivity index (χ1n) is 4.22. The van der Waals surface area contributed by atoms with Gasteiger partial charge >= 0.3 is 12.4 Å². The van der Waals surface area contributed by atoms with Gasteiger partial charge in [-0.2, -0.15) is 26.3 Å². The van der Waals surface area contributed by atoms with Gasteiger partial charge in [0.1, 0.15) is 11.9 Å². The van der Waals surface area contributed by atoms with E-state index in [0.29, 0.717) is 6.07 Å². The van der Waals surface area contributed by atoms with E-state index in [0.717, 1.165) is 0 Å². The third-order valence-electron chi connectivity index (χ3n) is 2.01. The lowest BCUT2D eigenvalue weighted by molar-refractivity contribution is -0.155. The minimum absolute atomic E-state index is 0.140. The van der Waals surface area contributed by atoms with Crippen LogP contribution >= 0.6 is 0 Å². The molecule has 0 unspecified atom stereocenters. The third-order valence-corrected chi connectivity index (χ3v) is 2.01. The Morgan fingerprint density at radius 2 is 1.53 bits per heavy atom. The Kier molecular flexibility index (Phi) is 3.37. The van der Waals surface area contributed by atoms with Gasteiger partial charge in [0.15, 0.2) is 0 Å². The van der Waals surface area contributed by atoms with Crippen molar-refractivity contribution in [1.82, 2.24) is 0 Å². The summed E-state index contributed by atoms with van der Waals surface area (Å²) in [5.74, 6) is -1.22. The van der Waals surface area contributed by atoms with Crippen LogP contribution in [-0.2, 0) is 6.18 Å². The molecule has 1 aromatic carbocycles. The van der Waals surface area contributed by atoms with Crippen LogP contribution in [0.15, 0.2) is 18.2 Å². The van der Waals surface area contributed by atoms with Crippen LogP contribution in [0.25, 0.3) is 0 Å². The first kappa shape index (κ1) is 13.8. The van der Waals surface area contributed by atoms with Crippen molar-refractivity contribution in [3.8, 4) is 0 Å². The van der Waals surface area contributed by atoms with Crippen molar-refractivity contribution >= 4 is 0 Å². The summed E-state index contributed by atoms with van der Waals surface area (Å²) in [7, 11) is 0. The molecule has 1 atom stereocenters. The minimum atomic E-state index is -5.08. The average Bonchev–Trinajstić information content (AvgIpc) is 2.13. The van der Waals surface area contributed by atoms with Gasteiger partial charge in [-0.3, -0.25) is 0 Å². The molecule has 0 saturated carbocycles. The largest absolute Gasteiger partial charge is 0.416 e. The summed E-state index contributed by atoms with van der Waals surface area (Å²) in [6.45, 7) is 0. The molecule has 0 bridgehead atoms. The van der Waals surface area contributed by atoms with Crippen molar-refractivity contribution in [2.24, 2.45) is 5.73 Å². The van der Waals surface area contributed by atoms with Gasteiger partial charge < -0.3 is 5.73 Å². The van der Waals surface area contributed by atoms with Crippen LogP contribution in [0.5, 0.6) is 0 Å². The molecular weight excluding hydrogens is 255 g/mol. The monoisotopic (exact) mass is 261 g/mol. The van der Waals surface area contributed by atoms with Gasteiger partial charge in [-0.05, 0) is 23.8 Å². The SMILES string of the molecule is N[C@@H](c1cc(F)ccc1C(F)(F)F)C(F)(F)F. The molecule has 2 N–H and O–H groups in total. The lowest BCUT2D eigenvalue weighted by atomic mass is 10.00. The van der Waals surface area contributed by atoms with Crippen LogP contribution in [0, 0.1) is 5.82 Å². The molecule has 0 aliphatic rings. The molecule has 0 heterocycles. The van der Waals surface area contributed by atoms with E-state index in [1.54, 1.807) is 0 Å². The molecule has 0 amide bonds. The Hall–Kier alpha value is -1.31. The molecule has 1 aromatic rings. The molecular formula is C9H6F7N. The minimum Gasteiger partial charge on any atom is -0.316 e. The number of benzene rings is 1. The second-order valence-corrected chi connectivity index (χ2v) is 3.25. The van der Waals surface area contributed by atoms with E-state index < -0.39 is 35.3 Å². The zero-order valence-electron chi connectivity index (χ0n) is 8.03. The van der Waals surface area contributed by atoms with Crippen molar-refractivity contribution in [2.75, 3.05) is 0 Å². The Morgan fingerprint density at radius 3 is 1.94 bits per heavy atom. The zero-order chi connectivity index (χ0) is 13.4. The molecule has 0 aliphatic carbocycles. The molecule has 1 rings (SSSR count). The smallest absolute Gasteiger partial charge is 0.316 e. The summed E-state index contributed by atoms with van der Waals surface area (Å²) in [5, 5.41) is 0. The fourth-order valence-electron chi connectivity index (χ4n) is 1.23. The molecule has 17 heavy (non-hydrogen) atoms. The van der Waals surface area contributed by atoms with Crippen LogP contribution in [0.1, 0.15) is 17.2 Å². The third kappa shape index (κ3) is 3.09. The fourth-order valence-corrected chi connectivity index (χ4v) is 1.23. The van der Waals surface area contributed by atoms with E-state index in [9.17, 15) is 30.7 Å². The normalized spacial score (nSPS) is 14.8. The molecule has 0 fully saturated rings. The average molecular weight is 261 g/mol. The Morgan fingerprint density at radius 1 is 1.00 bits per heavy atom. The molecule has 0 spiro atoms. The first-order chi connectivity index (χ1) is 7.53. The van der Waals surface area contributed by atoms with Gasteiger partial charge in [-0.1, -0.05) is 0 Å². The van der Waals surface area contributed by atoms with Crippen LogP contribution in [0.4, 0.5) is 30.7 Å². The second-order valence-electron chi connectivity index (χ2n) is 3.25. The standard InChI is InChI=1S/C9H6F7N/c10-4-1-2-6(8(11,12)13)5(3-4)7(17)9(14,15)16/h1-3,7H,17H2/t7-/m0/s1. The van der Waals surface area contributed by atoms with E-state index in [2.05, 4.69) is 5.73 Å². The first-order valence-corrected chi connectivity index (χ1v) is 4.22. The number of rotatable bonds is 1. The van der Waals surface area contributed by atoms with Gasteiger partial charge in [0.05, 0.1) is 5.56 Å². The quantitative estimate of drug-likeness (QED) is 0.770. The van der Waals surface area contributed by atoms with Gasteiger partial charge in [0.25, 0.3) is 0 Å². The van der Waals surface area contributed by atoms with Crippen LogP contribution in [0.2, 0.25) is 0 Å². The van der Waals surface area contributed by atoms with Crippen molar-refractivity contribution < 1.29 is 30.7 Å². The molecule has 0 saturated heterocycles. The molecule has 0 radical (unpaired) electrons. The maximum absolute atomic E-state index is 12.7. The highest BCUT2D eigenvalue weighted by atomic mass is 19.4. The van der Waals surface area contributed by atoms with Crippen molar-refractivity contribution in [1.29, 1.82) is 0 Å². The summed E-state index contributed by atoms with van der Waals surface area (Å²) in [5.41, 5.74) is 1.72. The van der Waals surface area contributed by atoms with Crippen molar-refractivity contribution in [2.45, 2.75) is 18.4 Å².